The first kappa shape index (κ1) is 9.46. The Balaban J connectivity index is 1.88. The van der Waals surface area contributed by atoms with Crippen molar-refractivity contribution in [3.63, 3.8) is 0 Å². The number of anilines is 1. The number of hydrogen-bond donors (Lipinski definition) is 1. The van der Waals surface area contributed by atoms with Gasteiger partial charge in [0.25, 0.3) is 0 Å². The Morgan fingerprint density at radius 3 is 3.29 bits per heavy atom. The summed E-state index contributed by atoms with van der Waals surface area (Å²) < 4.78 is 5.32. The third kappa shape index (κ3) is 2.23. The minimum absolute atomic E-state index is 0.662. The Bertz CT molecular complexity index is 295. The van der Waals surface area contributed by atoms with Gasteiger partial charge in [-0.15, -0.1) is 0 Å². The van der Waals surface area contributed by atoms with Crippen molar-refractivity contribution in [3.8, 4) is 0 Å². The van der Waals surface area contributed by atoms with Crippen LogP contribution in [-0.4, -0.2) is 24.7 Å². The highest BCUT2D eigenvalue weighted by atomic mass is 16.5. The van der Waals surface area contributed by atoms with Gasteiger partial charge >= 0.3 is 0 Å². The Hall–Kier alpha value is -1.09. The second-order valence-corrected chi connectivity index (χ2v) is 3.80. The second kappa shape index (κ2) is 4.42. The minimum atomic E-state index is 0.662. The van der Waals surface area contributed by atoms with Crippen LogP contribution in [0, 0.1) is 12.8 Å². The van der Waals surface area contributed by atoms with Crippen molar-refractivity contribution in [2.24, 2.45) is 5.92 Å². The van der Waals surface area contributed by atoms with Crippen molar-refractivity contribution in [2.45, 2.75) is 13.3 Å². The number of ether oxygens (including phenoxy) is 1. The molecule has 1 atom stereocenters. The van der Waals surface area contributed by atoms with Gasteiger partial charge < -0.3 is 10.1 Å². The fourth-order valence-electron chi connectivity index (χ4n) is 1.65. The maximum absolute atomic E-state index is 5.32. The van der Waals surface area contributed by atoms with E-state index in [1.807, 2.05) is 18.5 Å². The molecule has 0 bridgehead atoms. The van der Waals surface area contributed by atoms with E-state index in [2.05, 4.69) is 17.2 Å². The van der Waals surface area contributed by atoms with Crippen LogP contribution in [0.15, 0.2) is 18.5 Å². The molecule has 14 heavy (non-hydrogen) atoms. The summed E-state index contributed by atoms with van der Waals surface area (Å²) in [7, 11) is 0. The Kier molecular flexibility index (Phi) is 2.99. The molecule has 0 aliphatic carbocycles. The lowest BCUT2D eigenvalue weighted by Gasteiger charge is -2.11. The summed E-state index contributed by atoms with van der Waals surface area (Å²) in [6.45, 7) is 4.90. The molecule has 0 amide bonds. The zero-order valence-electron chi connectivity index (χ0n) is 8.49. The van der Waals surface area contributed by atoms with Crippen LogP contribution in [-0.2, 0) is 4.74 Å². The molecule has 2 rings (SSSR count). The average Bonchev–Trinajstić information content (AvgIpc) is 2.69. The molecule has 0 spiro atoms. The first-order valence-electron chi connectivity index (χ1n) is 5.08. The highest BCUT2D eigenvalue weighted by Gasteiger charge is 2.15. The number of aromatic nitrogens is 1. The van der Waals surface area contributed by atoms with E-state index in [4.69, 9.17) is 4.74 Å². The molecule has 0 aromatic carbocycles. The number of aryl methyl sites for hydroxylation is 1. The molecule has 3 nitrogen and oxygen atoms in total. The van der Waals surface area contributed by atoms with Gasteiger partial charge in [-0.05, 0) is 25.0 Å². The number of rotatable bonds is 3. The molecular weight excluding hydrogens is 176 g/mol. The molecular formula is C11H16N2O. The van der Waals surface area contributed by atoms with Crippen molar-refractivity contribution in [1.29, 1.82) is 0 Å². The summed E-state index contributed by atoms with van der Waals surface area (Å²) in [4.78, 5) is 4.10. The van der Waals surface area contributed by atoms with Gasteiger partial charge in [-0.3, -0.25) is 4.98 Å². The molecule has 1 N–H and O–H groups in total. The smallest absolute Gasteiger partial charge is 0.0556 e. The van der Waals surface area contributed by atoms with E-state index in [-0.39, 0.29) is 0 Å². The van der Waals surface area contributed by atoms with Crippen LogP contribution < -0.4 is 5.32 Å². The van der Waals surface area contributed by atoms with Crippen LogP contribution in [0.2, 0.25) is 0 Å². The summed E-state index contributed by atoms with van der Waals surface area (Å²) in [5.41, 5.74) is 2.39. The van der Waals surface area contributed by atoms with Crippen molar-refractivity contribution in [1.82, 2.24) is 4.98 Å². The zero-order chi connectivity index (χ0) is 9.80. The standard InChI is InChI=1S/C11H16N2O/c1-9-2-4-12-7-11(9)13-6-10-3-5-14-8-10/h2,4,7,10,13H,3,5-6,8H2,1H3. The largest absolute Gasteiger partial charge is 0.383 e. The van der Waals surface area contributed by atoms with Crippen LogP contribution in [0.5, 0.6) is 0 Å². The molecule has 0 saturated carbocycles. The molecule has 1 aliphatic rings. The molecule has 3 heteroatoms. The lowest BCUT2D eigenvalue weighted by Crippen LogP contribution is -2.14. The van der Waals surface area contributed by atoms with Crippen LogP contribution in [0.3, 0.4) is 0 Å². The van der Waals surface area contributed by atoms with Crippen molar-refractivity contribution < 1.29 is 4.74 Å². The molecule has 1 unspecified atom stereocenters. The van der Waals surface area contributed by atoms with Gasteiger partial charge in [0.15, 0.2) is 0 Å². The first-order valence-corrected chi connectivity index (χ1v) is 5.08. The Morgan fingerprint density at radius 1 is 1.64 bits per heavy atom. The Morgan fingerprint density at radius 2 is 2.57 bits per heavy atom. The first-order chi connectivity index (χ1) is 6.86. The second-order valence-electron chi connectivity index (χ2n) is 3.80. The van der Waals surface area contributed by atoms with Gasteiger partial charge in [0, 0.05) is 25.3 Å². The van der Waals surface area contributed by atoms with E-state index in [1.54, 1.807) is 0 Å². The molecule has 1 saturated heterocycles. The van der Waals surface area contributed by atoms with Gasteiger partial charge in [-0.2, -0.15) is 0 Å². The van der Waals surface area contributed by atoms with E-state index >= 15 is 0 Å². The van der Waals surface area contributed by atoms with Gasteiger partial charge in [0.2, 0.25) is 0 Å². The van der Waals surface area contributed by atoms with Crippen molar-refractivity contribution in [2.75, 3.05) is 25.1 Å². The van der Waals surface area contributed by atoms with E-state index < -0.39 is 0 Å². The monoisotopic (exact) mass is 192 g/mol. The third-order valence-corrected chi connectivity index (χ3v) is 2.64. The average molecular weight is 192 g/mol. The molecule has 0 radical (unpaired) electrons. The predicted octanol–water partition coefficient (Wildman–Crippen LogP) is 1.84. The van der Waals surface area contributed by atoms with Crippen LogP contribution >= 0.6 is 0 Å². The maximum Gasteiger partial charge on any atom is 0.0556 e. The van der Waals surface area contributed by atoms with Crippen LogP contribution in [0.4, 0.5) is 5.69 Å². The number of hydrogen-bond acceptors (Lipinski definition) is 3. The highest BCUT2D eigenvalue weighted by molar-refractivity contribution is 5.47. The van der Waals surface area contributed by atoms with E-state index in [0.29, 0.717) is 5.92 Å². The number of nitrogens with zero attached hydrogens (tertiary/aromatic N) is 1. The summed E-state index contributed by atoms with van der Waals surface area (Å²) in [6.07, 6.45) is 4.87. The summed E-state index contributed by atoms with van der Waals surface area (Å²) in [6, 6.07) is 2.02. The van der Waals surface area contributed by atoms with Gasteiger partial charge in [0.05, 0.1) is 18.5 Å². The zero-order valence-corrected chi connectivity index (χ0v) is 8.49. The molecule has 1 aromatic heterocycles. The van der Waals surface area contributed by atoms with E-state index in [0.717, 1.165) is 25.4 Å². The molecule has 1 aromatic rings. The lowest BCUT2D eigenvalue weighted by molar-refractivity contribution is 0.187. The highest BCUT2D eigenvalue weighted by Crippen LogP contribution is 2.16. The lowest BCUT2D eigenvalue weighted by atomic mass is 10.1. The SMILES string of the molecule is Cc1ccncc1NCC1CCOC1. The van der Waals surface area contributed by atoms with Gasteiger partial charge in [-0.25, -0.2) is 0 Å². The van der Waals surface area contributed by atoms with Crippen LogP contribution in [0.25, 0.3) is 0 Å². The maximum atomic E-state index is 5.32. The van der Waals surface area contributed by atoms with E-state index in [1.165, 1.54) is 12.0 Å². The molecule has 2 heterocycles. The van der Waals surface area contributed by atoms with Gasteiger partial charge in [0.1, 0.15) is 0 Å². The molecule has 1 aliphatic heterocycles. The van der Waals surface area contributed by atoms with Gasteiger partial charge in [-0.1, -0.05) is 0 Å². The third-order valence-electron chi connectivity index (χ3n) is 2.64. The summed E-state index contributed by atoms with van der Waals surface area (Å²) in [5.74, 6) is 0.662. The number of pyridine rings is 1. The molecule has 76 valence electrons. The summed E-state index contributed by atoms with van der Waals surface area (Å²) in [5, 5.41) is 3.41. The summed E-state index contributed by atoms with van der Waals surface area (Å²) >= 11 is 0. The predicted molar refractivity (Wildman–Crippen MR) is 56.4 cm³/mol. The fraction of sp³-hybridized carbons (Fsp3) is 0.545. The van der Waals surface area contributed by atoms with Crippen molar-refractivity contribution >= 4 is 5.69 Å². The van der Waals surface area contributed by atoms with E-state index in [9.17, 15) is 0 Å². The topological polar surface area (TPSA) is 34.2 Å². The number of nitrogens with one attached hydrogen (secondary N) is 1. The van der Waals surface area contributed by atoms with Crippen LogP contribution in [0.1, 0.15) is 12.0 Å². The Labute approximate surface area is 84.5 Å². The molecule has 1 fully saturated rings. The fourth-order valence-corrected chi connectivity index (χ4v) is 1.65. The van der Waals surface area contributed by atoms with Crippen molar-refractivity contribution in [3.05, 3.63) is 24.0 Å². The quantitative estimate of drug-likeness (QED) is 0.793. The minimum Gasteiger partial charge on any atom is -0.383 e. The normalized spacial score (nSPS) is 21.1.